The molecule has 0 aromatic carbocycles. The Morgan fingerprint density at radius 3 is 2.57 bits per heavy atom. The van der Waals surface area contributed by atoms with Crippen LogP contribution in [0.15, 0.2) is 5.16 Å². The van der Waals surface area contributed by atoms with E-state index in [1.165, 1.54) is 32.1 Å². The highest BCUT2D eigenvalue weighted by atomic mass is 16.4. The van der Waals surface area contributed by atoms with Crippen LogP contribution in [0.25, 0.3) is 0 Å². The van der Waals surface area contributed by atoms with Crippen LogP contribution in [0, 0.1) is 17.8 Å². The third-order valence-electron chi connectivity index (χ3n) is 5.69. The summed E-state index contributed by atoms with van der Waals surface area (Å²) in [6, 6.07) is 0. The minimum Gasteiger partial charge on any atom is -0.409 e. The van der Waals surface area contributed by atoms with E-state index in [2.05, 4.69) is 10.5 Å². The fraction of sp³-hybridized carbons (Fsp3) is 0.875. The maximum atomic E-state index is 12.6. The number of fused-ring (bicyclic) bond motifs is 1. The molecule has 0 radical (unpaired) electrons. The van der Waals surface area contributed by atoms with E-state index in [0.717, 1.165) is 24.7 Å². The van der Waals surface area contributed by atoms with Crippen molar-refractivity contribution in [2.75, 3.05) is 0 Å². The smallest absolute Gasteiger partial charge is 0.223 e. The molecule has 4 unspecified atom stereocenters. The molecule has 2 aliphatic carbocycles. The number of nitrogens with one attached hydrogen (secondary N) is 1. The molecular weight excluding hydrogens is 266 g/mol. The largest absolute Gasteiger partial charge is 0.409 e. The number of hydrogen-bond donors (Lipinski definition) is 3. The number of carbonyl (C=O) groups excluding carboxylic acids is 1. The molecule has 4 atom stereocenters. The second kappa shape index (κ2) is 6.67. The van der Waals surface area contributed by atoms with Gasteiger partial charge in [-0.05, 0) is 44.4 Å². The minimum absolute atomic E-state index is 0.0648. The lowest BCUT2D eigenvalue weighted by atomic mass is 9.67. The number of carbonyl (C=O) groups is 1. The Hall–Kier alpha value is -1.26. The average molecular weight is 295 g/mol. The average Bonchev–Trinajstić information content (AvgIpc) is 2.53. The number of amides is 1. The number of oxime groups is 1. The Morgan fingerprint density at radius 1 is 1.29 bits per heavy atom. The van der Waals surface area contributed by atoms with E-state index < -0.39 is 5.54 Å². The van der Waals surface area contributed by atoms with Gasteiger partial charge in [-0.25, -0.2) is 0 Å². The highest BCUT2D eigenvalue weighted by molar-refractivity contribution is 5.94. The molecule has 0 aromatic rings. The summed E-state index contributed by atoms with van der Waals surface area (Å²) in [5.41, 5.74) is 4.98. The van der Waals surface area contributed by atoms with Crippen LogP contribution in [-0.2, 0) is 4.79 Å². The Kier molecular flexibility index (Phi) is 5.12. The van der Waals surface area contributed by atoms with Gasteiger partial charge in [0.1, 0.15) is 0 Å². The first-order valence-corrected chi connectivity index (χ1v) is 8.30. The molecule has 0 aliphatic heterocycles. The summed E-state index contributed by atoms with van der Waals surface area (Å²) in [5.74, 6) is 1.78. The molecule has 2 rings (SSSR count). The molecular formula is C16H29N3O2. The van der Waals surface area contributed by atoms with Gasteiger partial charge in [0.05, 0.1) is 5.54 Å². The first kappa shape index (κ1) is 16.1. The van der Waals surface area contributed by atoms with Gasteiger partial charge in [0, 0.05) is 5.92 Å². The molecule has 0 bridgehead atoms. The predicted octanol–water partition coefficient (Wildman–Crippen LogP) is 2.62. The summed E-state index contributed by atoms with van der Waals surface area (Å²) in [6.07, 6.45) is 9.05. The number of nitrogens with two attached hydrogens (primary N) is 1. The fourth-order valence-corrected chi connectivity index (χ4v) is 3.93. The zero-order chi connectivity index (χ0) is 15.5. The van der Waals surface area contributed by atoms with Crippen molar-refractivity contribution in [3.05, 3.63) is 0 Å². The lowest BCUT2D eigenvalue weighted by molar-refractivity contribution is -0.128. The molecule has 21 heavy (non-hydrogen) atoms. The SMILES string of the molecule is CCC(C)(NC(=O)C1CCC2CCCCC2C1)C(N)=NO. The van der Waals surface area contributed by atoms with Crippen molar-refractivity contribution in [2.24, 2.45) is 28.6 Å². The van der Waals surface area contributed by atoms with Gasteiger partial charge in [0.15, 0.2) is 5.84 Å². The van der Waals surface area contributed by atoms with Gasteiger partial charge in [0.2, 0.25) is 5.91 Å². The molecule has 0 saturated heterocycles. The molecule has 2 saturated carbocycles. The molecule has 1 amide bonds. The van der Waals surface area contributed by atoms with Crippen molar-refractivity contribution in [1.29, 1.82) is 0 Å². The zero-order valence-electron chi connectivity index (χ0n) is 13.3. The van der Waals surface area contributed by atoms with E-state index in [4.69, 9.17) is 10.9 Å². The van der Waals surface area contributed by atoms with Crippen LogP contribution >= 0.6 is 0 Å². The van der Waals surface area contributed by atoms with Gasteiger partial charge in [-0.15, -0.1) is 0 Å². The monoisotopic (exact) mass is 295 g/mol. The van der Waals surface area contributed by atoms with Crippen LogP contribution in [-0.4, -0.2) is 22.5 Å². The molecule has 4 N–H and O–H groups in total. The van der Waals surface area contributed by atoms with E-state index in [0.29, 0.717) is 6.42 Å². The molecule has 2 fully saturated rings. The first-order valence-electron chi connectivity index (χ1n) is 8.30. The van der Waals surface area contributed by atoms with Crippen molar-refractivity contribution in [2.45, 2.75) is 70.8 Å². The van der Waals surface area contributed by atoms with Crippen LogP contribution in [0.5, 0.6) is 0 Å². The van der Waals surface area contributed by atoms with Gasteiger partial charge in [0.25, 0.3) is 0 Å². The van der Waals surface area contributed by atoms with Crippen LogP contribution in [0.2, 0.25) is 0 Å². The van der Waals surface area contributed by atoms with Crippen molar-refractivity contribution in [3.8, 4) is 0 Å². The topological polar surface area (TPSA) is 87.7 Å². The summed E-state index contributed by atoms with van der Waals surface area (Å²) in [7, 11) is 0. The highest BCUT2D eigenvalue weighted by Gasteiger charge is 2.37. The van der Waals surface area contributed by atoms with Crippen LogP contribution in [0.1, 0.15) is 65.2 Å². The number of rotatable bonds is 4. The summed E-state index contributed by atoms with van der Waals surface area (Å²) in [5, 5.41) is 15.0. The van der Waals surface area contributed by atoms with E-state index in [1.54, 1.807) is 0 Å². The molecule has 5 nitrogen and oxygen atoms in total. The van der Waals surface area contributed by atoms with Crippen LogP contribution < -0.4 is 11.1 Å². The molecule has 0 heterocycles. The van der Waals surface area contributed by atoms with Gasteiger partial charge >= 0.3 is 0 Å². The van der Waals surface area contributed by atoms with E-state index >= 15 is 0 Å². The number of hydrogen-bond acceptors (Lipinski definition) is 3. The third-order valence-corrected chi connectivity index (χ3v) is 5.69. The maximum absolute atomic E-state index is 12.6. The van der Waals surface area contributed by atoms with Crippen molar-refractivity contribution in [3.63, 3.8) is 0 Å². The second-order valence-corrected chi connectivity index (χ2v) is 6.97. The summed E-state index contributed by atoms with van der Waals surface area (Å²) >= 11 is 0. The normalized spacial score (nSPS) is 32.9. The van der Waals surface area contributed by atoms with Crippen LogP contribution in [0.3, 0.4) is 0 Å². The zero-order valence-corrected chi connectivity index (χ0v) is 13.3. The summed E-state index contributed by atoms with van der Waals surface area (Å²) in [6.45, 7) is 3.74. The van der Waals surface area contributed by atoms with Gasteiger partial charge in [-0.1, -0.05) is 37.8 Å². The third kappa shape index (κ3) is 3.50. The molecule has 120 valence electrons. The summed E-state index contributed by atoms with van der Waals surface area (Å²) < 4.78 is 0. The van der Waals surface area contributed by atoms with Gasteiger partial charge in [-0.3, -0.25) is 4.79 Å². The standard InChI is InChI=1S/C16H29N3O2/c1-3-16(2,15(17)19-21)18-14(20)13-9-8-11-6-4-5-7-12(11)10-13/h11-13,21H,3-10H2,1-2H3,(H2,17,19)(H,18,20). The molecule has 5 heteroatoms. The quantitative estimate of drug-likeness (QED) is 0.322. The highest BCUT2D eigenvalue weighted by Crippen LogP contribution is 2.42. The van der Waals surface area contributed by atoms with Gasteiger partial charge in [-0.2, -0.15) is 0 Å². The summed E-state index contributed by atoms with van der Waals surface area (Å²) in [4.78, 5) is 12.6. The van der Waals surface area contributed by atoms with Crippen molar-refractivity contribution in [1.82, 2.24) is 5.32 Å². The molecule has 0 aromatic heterocycles. The van der Waals surface area contributed by atoms with E-state index in [-0.39, 0.29) is 17.7 Å². The second-order valence-electron chi connectivity index (χ2n) is 6.97. The Labute approximate surface area is 127 Å². The minimum atomic E-state index is -0.755. The molecule has 0 spiro atoms. The first-order chi connectivity index (χ1) is 10.00. The molecule has 2 aliphatic rings. The van der Waals surface area contributed by atoms with Gasteiger partial charge < -0.3 is 16.3 Å². The Balaban J connectivity index is 1.97. The maximum Gasteiger partial charge on any atom is 0.223 e. The van der Waals surface area contributed by atoms with Crippen molar-refractivity contribution >= 4 is 11.7 Å². The Bertz CT molecular complexity index is 410. The van der Waals surface area contributed by atoms with Crippen LogP contribution in [0.4, 0.5) is 0 Å². The van der Waals surface area contributed by atoms with E-state index in [1.807, 2.05) is 13.8 Å². The predicted molar refractivity (Wildman–Crippen MR) is 83.0 cm³/mol. The lowest BCUT2D eigenvalue weighted by Crippen LogP contribution is -2.56. The number of nitrogens with zero attached hydrogens (tertiary/aromatic N) is 1. The lowest BCUT2D eigenvalue weighted by Gasteiger charge is -2.40. The number of amidine groups is 1. The Morgan fingerprint density at radius 2 is 1.95 bits per heavy atom. The fourth-order valence-electron chi connectivity index (χ4n) is 3.93. The van der Waals surface area contributed by atoms with E-state index in [9.17, 15) is 4.79 Å². The van der Waals surface area contributed by atoms with Crippen molar-refractivity contribution < 1.29 is 10.0 Å².